The van der Waals surface area contributed by atoms with Crippen LogP contribution in [-0.2, 0) is 12.4 Å². The van der Waals surface area contributed by atoms with Gasteiger partial charge in [-0.1, -0.05) is 0 Å². The molecular weight excluding hydrogens is 320 g/mol. The Hall–Kier alpha value is -1.11. The van der Waals surface area contributed by atoms with Crippen LogP contribution in [0.4, 0.5) is 32.0 Å². The molecule has 0 atom stereocenters. The molecule has 0 radical (unpaired) electrons. The minimum atomic E-state index is -4.79. The monoisotopic (exact) mass is 333 g/mol. The summed E-state index contributed by atoms with van der Waals surface area (Å²) in [4.78, 5) is 1.58. The highest BCUT2D eigenvalue weighted by molar-refractivity contribution is 5.85. The molecule has 1 aromatic carbocycles. The highest BCUT2D eigenvalue weighted by Crippen LogP contribution is 2.38. The first-order valence-corrected chi connectivity index (χ1v) is 6.22. The summed E-state index contributed by atoms with van der Waals surface area (Å²) in [6, 6.07) is 1.74. The number of piperidine rings is 1. The Morgan fingerprint density at radius 3 is 1.52 bits per heavy atom. The predicted molar refractivity (Wildman–Crippen MR) is 69.8 cm³/mol. The molecule has 1 aromatic rings. The van der Waals surface area contributed by atoms with Gasteiger partial charge in [0.25, 0.3) is 0 Å². The molecule has 1 nitrogen and oxygen atoms in total. The minimum Gasteiger partial charge on any atom is -0.372 e. The molecule has 0 aliphatic carbocycles. The van der Waals surface area contributed by atoms with Gasteiger partial charge in [-0.05, 0) is 37.5 Å². The number of nitrogens with zero attached hydrogens (tertiary/aromatic N) is 1. The number of rotatable bonds is 1. The van der Waals surface area contributed by atoms with Crippen LogP contribution in [0.5, 0.6) is 0 Å². The lowest BCUT2D eigenvalue weighted by Gasteiger charge is -2.30. The maximum absolute atomic E-state index is 12.7. The number of hydrogen-bond acceptors (Lipinski definition) is 1. The van der Waals surface area contributed by atoms with Crippen molar-refractivity contribution in [2.45, 2.75) is 31.6 Å². The van der Waals surface area contributed by atoms with E-state index in [1.165, 1.54) is 0 Å². The fraction of sp³-hybridized carbons (Fsp3) is 0.538. The lowest BCUT2D eigenvalue weighted by Crippen LogP contribution is -2.30. The molecule has 1 fully saturated rings. The van der Waals surface area contributed by atoms with E-state index in [9.17, 15) is 26.3 Å². The molecular formula is C13H14ClF6N. The van der Waals surface area contributed by atoms with Crippen LogP contribution < -0.4 is 4.90 Å². The van der Waals surface area contributed by atoms with Crippen LogP contribution in [0.15, 0.2) is 18.2 Å². The molecule has 0 N–H and O–H groups in total. The second-order valence-corrected chi connectivity index (χ2v) is 4.81. The van der Waals surface area contributed by atoms with Crippen molar-refractivity contribution in [3.63, 3.8) is 0 Å². The van der Waals surface area contributed by atoms with E-state index in [1.54, 1.807) is 4.90 Å². The van der Waals surface area contributed by atoms with Gasteiger partial charge in [0.15, 0.2) is 0 Å². The van der Waals surface area contributed by atoms with Gasteiger partial charge in [-0.3, -0.25) is 0 Å². The molecule has 0 amide bonds. The fourth-order valence-electron chi connectivity index (χ4n) is 2.27. The molecule has 1 heterocycles. The molecule has 1 aliphatic rings. The third-order valence-electron chi connectivity index (χ3n) is 3.29. The Kier molecular flexibility index (Phi) is 5.41. The molecule has 0 bridgehead atoms. The minimum absolute atomic E-state index is 0. The SMILES string of the molecule is Cl.FC(F)(F)c1cc(N2CCCCC2)cc(C(F)(F)F)c1. The molecule has 120 valence electrons. The summed E-state index contributed by atoms with van der Waals surface area (Å²) in [6.07, 6.45) is -7.08. The Bertz CT molecular complexity index is 444. The lowest BCUT2D eigenvalue weighted by molar-refractivity contribution is -0.143. The van der Waals surface area contributed by atoms with E-state index in [1.807, 2.05) is 0 Å². The zero-order chi connectivity index (χ0) is 15.0. The molecule has 8 heteroatoms. The number of alkyl halides is 6. The fourth-order valence-corrected chi connectivity index (χ4v) is 2.27. The van der Waals surface area contributed by atoms with Gasteiger partial charge in [0, 0.05) is 18.8 Å². The number of benzene rings is 1. The predicted octanol–water partition coefficient (Wildman–Crippen LogP) is 5.14. The van der Waals surface area contributed by atoms with E-state index < -0.39 is 23.5 Å². The Balaban J connectivity index is 0.00000220. The molecule has 1 aliphatic heterocycles. The summed E-state index contributed by atoms with van der Waals surface area (Å²) >= 11 is 0. The van der Waals surface area contributed by atoms with Gasteiger partial charge in [-0.15, -0.1) is 12.4 Å². The van der Waals surface area contributed by atoms with E-state index in [-0.39, 0.29) is 24.2 Å². The number of halogens is 7. The smallest absolute Gasteiger partial charge is 0.372 e. The van der Waals surface area contributed by atoms with Gasteiger partial charge in [-0.2, -0.15) is 26.3 Å². The van der Waals surface area contributed by atoms with Crippen molar-refractivity contribution in [2.75, 3.05) is 18.0 Å². The third-order valence-corrected chi connectivity index (χ3v) is 3.29. The van der Waals surface area contributed by atoms with Crippen molar-refractivity contribution in [3.05, 3.63) is 29.3 Å². The van der Waals surface area contributed by atoms with Gasteiger partial charge in [-0.25, -0.2) is 0 Å². The summed E-state index contributed by atoms with van der Waals surface area (Å²) < 4.78 is 76.3. The van der Waals surface area contributed by atoms with Crippen molar-refractivity contribution in [2.24, 2.45) is 0 Å². The van der Waals surface area contributed by atoms with E-state index >= 15 is 0 Å². The van der Waals surface area contributed by atoms with Gasteiger partial charge < -0.3 is 4.90 Å². The maximum Gasteiger partial charge on any atom is 0.416 e. The highest BCUT2D eigenvalue weighted by Gasteiger charge is 2.37. The van der Waals surface area contributed by atoms with Gasteiger partial charge >= 0.3 is 12.4 Å². The summed E-state index contributed by atoms with van der Waals surface area (Å²) in [5.74, 6) is 0. The van der Waals surface area contributed by atoms with E-state index in [0.717, 1.165) is 31.4 Å². The van der Waals surface area contributed by atoms with Crippen LogP contribution in [-0.4, -0.2) is 13.1 Å². The Morgan fingerprint density at radius 2 is 1.14 bits per heavy atom. The van der Waals surface area contributed by atoms with Gasteiger partial charge in [0.05, 0.1) is 11.1 Å². The van der Waals surface area contributed by atoms with E-state index in [0.29, 0.717) is 13.1 Å². The van der Waals surface area contributed by atoms with Gasteiger partial charge in [0.2, 0.25) is 0 Å². The van der Waals surface area contributed by atoms with Crippen LogP contribution in [0, 0.1) is 0 Å². The van der Waals surface area contributed by atoms with Gasteiger partial charge in [0.1, 0.15) is 0 Å². The normalized spacial score (nSPS) is 16.6. The zero-order valence-corrected chi connectivity index (χ0v) is 11.7. The van der Waals surface area contributed by atoms with E-state index in [4.69, 9.17) is 0 Å². The summed E-state index contributed by atoms with van der Waals surface area (Å²) in [5, 5.41) is 0. The van der Waals surface area contributed by atoms with Crippen molar-refractivity contribution >= 4 is 18.1 Å². The average Bonchev–Trinajstić information content (AvgIpc) is 2.37. The molecule has 21 heavy (non-hydrogen) atoms. The first kappa shape index (κ1) is 17.9. The third kappa shape index (κ3) is 4.43. The maximum atomic E-state index is 12.7. The first-order valence-electron chi connectivity index (χ1n) is 6.22. The second kappa shape index (κ2) is 6.34. The molecule has 0 unspecified atom stereocenters. The largest absolute Gasteiger partial charge is 0.416 e. The zero-order valence-electron chi connectivity index (χ0n) is 10.9. The second-order valence-electron chi connectivity index (χ2n) is 4.81. The van der Waals surface area contributed by atoms with Crippen molar-refractivity contribution in [1.29, 1.82) is 0 Å². The Labute approximate surface area is 124 Å². The van der Waals surface area contributed by atoms with Crippen LogP contribution >= 0.6 is 12.4 Å². The summed E-state index contributed by atoms with van der Waals surface area (Å²) in [7, 11) is 0. The van der Waals surface area contributed by atoms with Crippen LogP contribution in [0.1, 0.15) is 30.4 Å². The van der Waals surface area contributed by atoms with Crippen molar-refractivity contribution < 1.29 is 26.3 Å². The standard InChI is InChI=1S/C13H13F6N.ClH/c14-12(15,16)9-6-10(13(17,18)19)8-11(7-9)20-4-2-1-3-5-20;/h6-8H,1-5H2;1H. The molecule has 0 saturated carbocycles. The summed E-state index contributed by atoms with van der Waals surface area (Å²) in [5.41, 5.74) is -2.52. The van der Waals surface area contributed by atoms with Crippen LogP contribution in [0.2, 0.25) is 0 Å². The lowest BCUT2D eigenvalue weighted by atomic mass is 10.1. The molecule has 2 rings (SSSR count). The van der Waals surface area contributed by atoms with Crippen LogP contribution in [0.3, 0.4) is 0 Å². The van der Waals surface area contributed by atoms with E-state index in [2.05, 4.69) is 0 Å². The Morgan fingerprint density at radius 1 is 0.714 bits per heavy atom. The average molecular weight is 334 g/mol. The molecule has 0 aromatic heterocycles. The quantitative estimate of drug-likeness (QED) is 0.643. The molecule has 1 saturated heterocycles. The van der Waals surface area contributed by atoms with Crippen molar-refractivity contribution in [3.8, 4) is 0 Å². The van der Waals surface area contributed by atoms with Crippen molar-refractivity contribution in [1.82, 2.24) is 0 Å². The highest BCUT2D eigenvalue weighted by atomic mass is 35.5. The summed E-state index contributed by atoms with van der Waals surface area (Å²) in [6.45, 7) is 0.969. The number of hydrogen-bond donors (Lipinski definition) is 0. The molecule has 0 spiro atoms. The number of anilines is 1. The van der Waals surface area contributed by atoms with Crippen LogP contribution in [0.25, 0.3) is 0 Å². The first-order chi connectivity index (χ1) is 9.18. The topological polar surface area (TPSA) is 3.24 Å².